The Bertz CT molecular complexity index is 690. The molecule has 2 N–H and O–H groups in total. The van der Waals surface area contributed by atoms with Crippen LogP contribution in [-0.4, -0.2) is 24.0 Å². The number of hydrogen-bond donors (Lipinski definition) is 2. The maximum absolute atomic E-state index is 13.8. The minimum atomic E-state index is -0.353. The van der Waals surface area contributed by atoms with Crippen LogP contribution in [0, 0.1) is 5.82 Å². The van der Waals surface area contributed by atoms with Crippen LogP contribution in [0.3, 0.4) is 0 Å². The first kappa shape index (κ1) is 9.94. The fourth-order valence-electron chi connectivity index (χ4n) is 2.95. The monoisotopic (exact) mass is 246 g/mol. The number of aromatic nitrogens is 1. The SMILES string of the molecule is O=C1NCCc2c1[nH]c1cc(F)c3c(c21)CCO3. The van der Waals surface area contributed by atoms with Crippen LogP contribution in [0.1, 0.15) is 21.6 Å². The molecule has 0 saturated carbocycles. The van der Waals surface area contributed by atoms with Gasteiger partial charge < -0.3 is 15.0 Å². The molecular weight excluding hydrogens is 235 g/mol. The van der Waals surface area contributed by atoms with Crippen molar-refractivity contribution in [1.29, 1.82) is 0 Å². The summed E-state index contributed by atoms with van der Waals surface area (Å²) < 4.78 is 19.2. The number of aromatic amines is 1. The van der Waals surface area contributed by atoms with E-state index in [4.69, 9.17) is 4.74 Å². The van der Waals surface area contributed by atoms with Crippen molar-refractivity contribution in [3.63, 3.8) is 0 Å². The lowest BCUT2D eigenvalue weighted by Crippen LogP contribution is -2.31. The maximum Gasteiger partial charge on any atom is 0.268 e. The molecule has 0 saturated heterocycles. The molecule has 18 heavy (non-hydrogen) atoms. The van der Waals surface area contributed by atoms with Crippen molar-refractivity contribution in [2.45, 2.75) is 12.8 Å². The van der Waals surface area contributed by atoms with Gasteiger partial charge in [-0.05, 0) is 12.0 Å². The smallest absolute Gasteiger partial charge is 0.268 e. The number of rotatable bonds is 0. The number of benzene rings is 1. The number of carbonyl (C=O) groups is 1. The standard InChI is InChI=1S/C13H11FN2O2/c14-8-5-9-10(7-2-4-18-12(7)8)6-1-3-15-13(17)11(6)16-9/h5,16H,1-4H2,(H,15,17). The fraction of sp³-hybridized carbons (Fsp3) is 0.308. The van der Waals surface area contributed by atoms with Gasteiger partial charge in [-0.25, -0.2) is 4.39 Å². The van der Waals surface area contributed by atoms with E-state index in [-0.39, 0.29) is 11.7 Å². The van der Waals surface area contributed by atoms with E-state index in [1.165, 1.54) is 6.07 Å². The van der Waals surface area contributed by atoms with E-state index in [1.54, 1.807) is 0 Å². The number of hydrogen-bond acceptors (Lipinski definition) is 2. The third kappa shape index (κ3) is 1.11. The number of H-pyrrole nitrogens is 1. The minimum absolute atomic E-state index is 0.111. The minimum Gasteiger partial charge on any atom is -0.490 e. The first-order valence-electron chi connectivity index (χ1n) is 6.02. The number of ether oxygens (including phenoxy) is 1. The normalized spacial score (nSPS) is 17.3. The quantitative estimate of drug-likeness (QED) is 0.740. The summed E-state index contributed by atoms with van der Waals surface area (Å²) in [5.74, 6) is -0.107. The van der Waals surface area contributed by atoms with E-state index >= 15 is 0 Å². The second-order valence-electron chi connectivity index (χ2n) is 4.67. The van der Waals surface area contributed by atoms with Crippen LogP contribution in [0.5, 0.6) is 5.75 Å². The van der Waals surface area contributed by atoms with Gasteiger partial charge >= 0.3 is 0 Å². The van der Waals surface area contributed by atoms with Gasteiger partial charge in [0.05, 0.1) is 6.61 Å². The molecule has 2 aromatic rings. The number of nitrogens with one attached hydrogen (secondary N) is 2. The molecule has 92 valence electrons. The van der Waals surface area contributed by atoms with Crippen LogP contribution in [-0.2, 0) is 12.8 Å². The van der Waals surface area contributed by atoms with E-state index < -0.39 is 0 Å². The molecule has 4 nitrogen and oxygen atoms in total. The number of fused-ring (bicyclic) bond motifs is 5. The first-order chi connectivity index (χ1) is 8.75. The Hall–Kier alpha value is -2.04. The van der Waals surface area contributed by atoms with Crippen LogP contribution in [0.2, 0.25) is 0 Å². The Labute approximate surface area is 102 Å². The average Bonchev–Trinajstić information content (AvgIpc) is 2.93. The molecular formula is C13H11FN2O2. The van der Waals surface area contributed by atoms with Gasteiger partial charge in [0.25, 0.3) is 5.91 Å². The molecule has 2 aliphatic heterocycles. The van der Waals surface area contributed by atoms with E-state index in [0.29, 0.717) is 36.5 Å². The van der Waals surface area contributed by atoms with Crippen LogP contribution < -0.4 is 10.1 Å². The zero-order valence-electron chi connectivity index (χ0n) is 9.60. The second kappa shape index (κ2) is 3.25. The van der Waals surface area contributed by atoms with Gasteiger partial charge in [0.15, 0.2) is 11.6 Å². The molecule has 0 spiro atoms. The largest absolute Gasteiger partial charge is 0.490 e. The molecule has 1 aromatic heterocycles. The zero-order chi connectivity index (χ0) is 12.3. The number of amides is 1. The molecule has 5 heteroatoms. The molecule has 4 rings (SSSR count). The van der Waals surface area contributed by atoms with Gasteiger partial charge in [0.2, 0.25) is 0 Å². The molecule has 0 bridgehead atoms. The average molecular weight is 246 g/mol. The van der Waals surface area contributed by atoms with Crippen molar-refractivity contribution < 1.29 is 13.9 Å². The summed E-state index contributed by atoms with van der Waals surface area (Å²) in [5, 5.41) is 3.77. The molecule has 0 atom stereocenters. The Balaban J connectivity index is 2.13. The van der Waals surface area contributed by atoms with E-state index in [2.05, 4.69) is 10.3 Å². The number of halogens is 1. The molecule has 0 unspecified atom stereocenters. The van der Waals surface area contributed by atoms with Crippen molar-refractivity contribution in [2.75, 3.05) is 13.2 Å². The van der Waals surface area contributed by atoms with Crippen molar-refractivity contribution >= 4 is 16.8 Å². The third-order valence-electron chi connectivity index (χ3n) is 3.68. The van der Waals surface area contributed by atoms with Crippen LogP contribution in [0.15, 0.2) is 6.07 Å². The second-order valence-corrected chi connectivity index (χ2v) is 4.67. The summed E-state index contributed by atoms with van der Waals surface area (Å²) in [7, 11) is 0. The first-order valence-corrected chi connectivity index (χ1v) is 6.02. The maximum atomic E-state index is 13.8. The highest BCUT2D eigenvalue weighted by molar-refractivity contribution is 6.03. The van der Waals surface area contributed by atoms with Gasteiger partial charge in [0.1, 0.15) is 5.69 Å². The lowest BCUT2D eigenvalue weighted by molar-refractivity contribution is 0.0942. The van der Waals surface area contributed by atoms with Crippen LogP contribution in [0.4, 0.5) is 4.39 Å². The highest BCUT2D eigenvalue weighted by atomic mass is 19.1. The van der Waals surface area contributed by atoms with Gasteiger partial charge in [-0.2, -0.15) is 0 Å². The van der Waals surface area contributed by atoms with Crippen LogP contribution in [0.25, 0.3) is 10.9 Å². The topological polar surface area (TPSA) is 54.1 Å². The van der Waals surface area contributed by atoms with Crippen molar-refractivity contribution in [3.05, 3.63) is 28.7 Å². The lowest BCUT2D eigenvalue weighted by atomic mass is 9.98. The Morgan fingerprint density at radius 3 is 3.06 bits per heavy atom. The highest BCUT2D eigenvalue weighted by Gasteiger charge is 2.28. The highest BCUT2D eigenvalue weighted by Crippen LogP contribution is 2.38. The summed E-state index contributed by atoms with van der Waals surface area (Å²) in [4.78, 5) is 14.8. The van der Waals surface area contributed by atoms with Crippen molar-refractivity contribution in [2.24, 2.45) is 0 Å². The van der Waals surface area contributed by atoms with Crippen LogP contribution >= 0.6 is 0 Å². The Morgan fingerprint density at radius 1 is 1.28 bits per heavy atom. The molecule has 1 amide bonds. The molecule has 3 heterocycles. The summed E-state index contributed by atoms with van der Waals surface area (Å²) in [5.41, 5.74) is 3.16. The van der Waals surface area contributed by atoms with Gasteiger partial charge in [-0.1, -0.05) is 0 Å². The Morgan fingerprint density at radius 2 is 2.17 bits per heavy atom. The molecule has 1 aromatic carbocycles. The summed E-state index contributed by atoms with van der Waals surface area (Å²) in [6.45, 7) is 1.14. The summed E-state index contributed by atoms with van der Waals surface area (Å²) in [6.07, 6.45) is 1.48. The fourth-order valence-corrected chi connectivity index (χ4v) is 2.95. The predicted octanol–water partition coefficient (Wildman–Crippen LogP) is 1.53. The van der Waals surface area contributed by atoms with E-state index in [9.17, 15) is 9.18 Å². The van der Waals surface area contributed by atoms with E-state index in [0.717, 1.165) is 22.9 Å². The lowest BCUT2D eigenvalue weighted by Gasteiger charge is -2.12. The summed E-state index contributed by atoms with van der Waals surface area (Å²) in [6, 6.07) is 1.42. The third-order valence-corrected chi connectivity index (χ3v) is 3.68. The Kier molecular flexibility index (Phi) is 1.79. The zero-order valence-corrected chi connectivity index (χ0v) is 9.60. The van der Waals surface area contributed by atoms with Gasteiger partial charge in [-0.3, -0.25) is 4.79 Å². The van der Waals surface area contributed by atoms with Crippen molar-refractivity contribution in [1.82, 2.24) is 10.3 Å². The molecule has 2 aliphatic rings. The molecule has 0 aliphatic carbocycles. The number of carbonyl (C=O) groups excluding carboxylic acids is 1. The predicted molar refractivity (Wildman–Crippen MR) is 63.5 cm³/mol. The summed E-state index contributed by atoms with van der Waals surface area (Å²) >= 11 is 0. The van der Waals surface area contributed by atoms with Gasteiger partial charge in [0, 0.05) is 35.5 Å². The van der Waals surface area contributed by atoms with Crippen molar-refractivity contribution in [3.8, 4) is 5.75 Å². The molecule has 0 fully saturated rings. The van der Waals surface area contributed by atoms with E-state index in [1.807, 2.05) is 0 Å². The molecule has 0 radical (unpaired) electrons. The van der Waals surface area contributed by atoms with Gasteiger partial charge in [-0.15, -0.1) is 0 Å².